The lowest BCUT2D eigenvalue weighted by Crippen LogP contribution is -2.40. The topological polar surface area (TPSA) is 72.9 Å². The van der Waals surface area contributed by atoms with Crippen LogP contribution in [0.2, 0.25) is 0 Å². The van der Waals surface area contributed by atoms with Gasteiger partial charge in [0.25, 0.3) is 0 Å². The number of aromatic nitrogens is 1. The zero-order valence-corrected chi connectivity index (χ0v) is 19.8. The number of alkyl carbamates (subject to hydrolysis) is 1. The molecule has 1 N–H and O–H groups in total. The Morgan fingerprint density at radius 3 is 2.62 bits per heavy atom. The lowest BCUT2D eigenvalue weighted by atomic mass is 9.96. The predicted molar refractivity (Wildman–Crippen MR) is 125 cm³/mol. The number of fused-ring (bicyclic) bond motifs is 1. The van der Waals surface area contributed by atoms with E-state index in [9.17, 15) is 4.79 Å². The van der Waals surface area contributed by atoms with Crippen LogP contribution in [-0.2, 0) is 14.2 Å². The van der Waals surface area contributed by atoms with Crippen molar-refractivity contribution in [3.63, 3.8) is 0 Å². The Bertz CT molecular complexity index is 961. The maximum atomic E-state index is 11.9. The summed E-state index contributed by atoms with van der Waals surface area (Å²) in [5.41, 5.74) is 2.59. The van der Waals surface area contributed by atoms with Crippen LogP contribution in [0, 0.1) is 5.92 Å². The second kappa shape index (κ2) is 8.87. The highest BCUT2D eigenvalue weighted by Gasteiger charge is 2.34. The minimum absolute atomic E-state index is 0.146. The van der Waals surface area contributed by atoms with Gasteiger partial charge in [0.05, 0.1) is 23.5 Å². The van der Waals surface area contributed by atoms with Crippen LogP contribution in [0.3, 0.4) is 0 Å². The average molecular weight is 442 g/mol. The van der Waals surface area contributed by atoms with Crippen LogP contribution in [0.4, 0.5) is 10.5 Å². The van der Waals surface area contributed by atoms with E-state index >= 15 is 0 Å². The van der Waals surface area contributed by atoms with Crippen LogP contribution < -0.4 is 10.2 Å². The van der Waals surface area contributed by atoms with E-state index in [1.54, 1.807) is 0 Å². The molecule has 1 atom stereocenters. The van der Waals surface area contributed by atoms with Crippen molar-refractivity contribution in [2.75, 3.05) is 31.1 Å². The Kier molecular flexibility index (Phi) is 6.32. The van der Waals surface area contributed by atoms with Crippen molar-refractivity contribution in [2.45, 2.75) is 65.0 Å². The normalized spacial score (nSPS) is 21.7. The quantitative estimate of drug-likeness (QED) is 0.735. The zero-order valence-electron chi connectivity index (χ0n) is 19.8. The third kappa shape index (κ3) is 5.51. The molecule has 174 valence electrons. The first kappa shape index (κ1) is 22.8. The van der Waals surface area contributed by atoms with Gasteiger partial charge in [0.15, 0.2) is 5.79 Å². The largest absolute Gasteiger partial charge is 0.444 e. The molecule has 3 heterocycles. The van der Waals surface area contributed by atoms with Gasteiger partial charge in [0, 0.05) is 25.0 Å². The lowest BCUT2D eigenvalue weighted by Gasteiger charge is -2.34. The second-order valence-corrected chi connectivity index (χ2v) is 10.2. The van der Waals surface area contributed by atoms with Gasteiger partial charge in [-0.15, -0.1) is 0 Å². The number of carbonyl (C=O) groups excluding carboxylic acids is 1. The summed E-state index contributed by atoms with van der Waals surface area (Å²) in [7, 11) is 0. The molecule has 7 nitrogen and oxygen atoms in total. The Hall–Kier alpha value is -2.38. The van der Waals surface area contributed by atoms with Gasteiger partial charge in [0.2, 0.25) is 0 Å². The molecule has 32 heavy (non-hydrogen) atoms. The van der Waals surface area contributed by atoms with Gasteiger partial charge < -0.3 is 24.4 Å². The number of hydrogen-bond donors (Lipinski definition) is 1. The molecule has 1 amide bonds. The molecule has 2 aliphatic rings. The van der Waals surface area contributed by atoms with Gasteiger partial charge in [-0.3, -0.25) is 0 Å². The Labute approximate surface area is 190 Å². The maximum absolute atomic E-state index is 11.9. The first-order valence-electron chi connectivity index (χ1n) is 11.5. The number of para-hydroxylation sites is 1. The number of rotatable bonds is 4. The molecule has 2 aliphatic heterocycles. The van der Waals surface area contributed by atoms with Crippen LogP contribution >= 0.6 is 0 Å². The second-order valence-electron chi connectivity index (χ2n) is 10.2. The minimum atomic E-state index is -0.573. The SMILES string of the molecule is CC(C)(C)OC(=O)NCC1CCN(c2cccc3ccc(C4COC(C)(C)O4)nc23)CC1. The van der Waals surface area contributed by atoms with Gasteiger partial charge >= 0.3 is 6.09 Å². The molecule has 2 saturated heterocycles. The molecule has 0 aliphatic carbocycles. The van der Waals surface area contributed by atoms with E-state index in [2.05, 4.69) is 34.5 Å². The lowest BCUT2D eigenvalue weighted by molar-refractivity contribution is -0.139. The number of anilines is 1. The highest BCUT2D eigenvalue weighted by molar-refractivity contribution is 5.91. The number of carbonyl (C=O) groups is 1. The molecule has 0 radical (unpaired) electrons. The smallest absolute Gasteiger partial charge is 0.407 e. The first-order chi connectivity index (χ1) is 15.1. The highest BCUT2D eigenvalue weighted by atomic mass is 16.7. The predicted octanol–water partition coefficient (Wildman–Crippen LogP) is 4.80. The number of benzene rings is 1. The van der Waals surface area contributed by atoms with Crippen molar-refractivity contribution in [2.24, 2.45) is 5.92 Å². The van der Waals surface area contributed by atoms with E-state index in [1.165, 1.54) is 0 Å². The molecule has 0 saturated carbocycles. The van der Waals surface area contributed by atoms with Crippen molar-refractivity contribution in [1.82, 2.24) is 10.3 Å². The Morgan fingerprint density at radius 1 is 1.22 bits per heavy atom. The fourth-order valence-corrected chi connectivity index (χ4v) is 4.33. The van der Waals surface area contributed by atoms with Crippen LogP contribution in [0.1, 0.15) is 59.3 Å². The number of amides is 1. The summed E-state index contributed by atoms with van der Waals surface area (Å²) in [5.74, 6) is -0.126. The fourth-order valence-electron chi connectivity index (χ4n) is 4.33. The maximum Gasteiger partial charge on any atom is 0.407 e. The van der Waals surface area contributed by atoms with E-state index in [1.807, 2.05) is 40.7 Å². The third-order valence-corrected chi connectivity index (χ3v) is 5.95. The van der Waals surface area contributed by atoms with Crippen LogP contribution in [-0.4, -0.2) is 48.7 Å². The molecule has 7 heteroatoms. The Balaban J connectivity index is 1.41. The molecule has 2 fully saturated rings. The van der Waals surface area contributed by atoms with Crippen molar-refractivity contribution in [3.8, 4) is 0 Å². The van der Waals surface area contributed by atoms with Gasteiger partial charge in [-0.2, -0.15) is 0 Å². The molecule has 0 bridgehead atoms. The number of nitrogens with one attached hydrogen (secondary N) is 1. The van der Waals surface area contributed by atoms with Crippen LogP contribution in [0.25, 0.3) is 10.9 Å². The van der Waals surface area contributed by atoms with E-state index in [0.717, 1.165) is 48.2 Å². The number of hydrogen-bond acceptors (Lipinski definition) is 6. The first-order valence-corrected chi connectivity index (χ1v) is 11.5. The summed E-state index contributed by atoms with van der Waals surface area (Å²) >= 11 is 0. The average Bonchev–Trinajstić information content (AvgIpc) is 3.10. The van der Waals surface area contributed by atoms with Crippen molar-refractivity contribution in [3.05, 3.63) is 36.0 Å². The summed E-state index contributed by atoms with van der Waals surface area (Å²) < 4.78 is 17.1. The van der Waals surface area contributed by atoms with E-state index in [0.29, 0.717) is 19.1 Å². The number of pyridine rings is 1. The molecule has 0 spiro atoms. The molecule has 2 aromatic rings. The molecular weight excluding hydrogens is 406 g/mol. The Morgan fingerprint density at radius 2 is 1.97 bits per heavy atom. The van der Waals surface area contributed by atoms with E-state index in [4.69, 9.17) is 19.2 Å². The minimum Gasteiger partial charge on any atom is -0.444 e. The number of piperidine rings is 1. The van der Waals surface area contributed by atoms with Gasteiger partial charge in [-0.1, -0.05) is 18.2 Å². The van der Waals surface area contributed by atoms with Gasteiger partial charge in [-0.25, -0.2) is 9.78 Å². The molecule has 1 aromatic heterocycles. The van der Waals surface area contributed by atoms with Crippen molar-refractivity contribution >= 4 is 22.7 Å². The molecule has 4 rings (SSSR count). The summed E-state index contributed by atoms with van der Waals surface area (Å²) in [4.78, 5) is 19.3. The molecular formula is C25H35N3O4. The summed E-state index contributed by atoms with van der Waals surface area (Å²) in [6.07, 6.45) is 1.54. The summed E-state index contributed by atoms with van der Waals surface area (Å²) in [6, 6.07) is 10.5. The van der Waals surface area contributed by atoms with E-state index in [-0.39, 0.29) is 12.2 Å². The zero-order chi connectivity index (χ0) is 22.9. The molecule has 1 unspecified atom stereocenters. The third-order valence-electron chi connectivity index (χ3n) is 5.95. The van der Waals surface area contributed by atoms with E-state index < -0.39 is 11.4 Å². The number of nitrogens with zero attached hydrogens (tertiary/aromatic N) is 2. The van der Waals surface area contributed by atoms with Gasteiger partial charge in [0.1, 0.15) is 11.7 Å². The van der Waals surface area contributed by atoms with Crippen molar-refractivity contribution < 1.29 is 19.0 Å². The highest BCUT2D eigenvalue weighted by Crippen LogP contribution is 2.35. The standard InChI is InChI=1S/C25H35N3O4/c1-24(2,3)32-23(29)26-15-17-11-13-28(14-12-17)20-8-6-7-18-9-10-19(27-22(18)20)21-16-30-25(4,5)31-21/h6-10,17,21H,11-16H2,1-5H3,(H,26,29). The number of ether oxygens (including phenoxy) is 3. The van der Waals surface area contributed by atoms with Crippen LogP contribution in [0.5, 0.6) is 0 Å². The fraction of sp³-hybridized carbons (Fsp3) is 0.600. The van der Waals surface area contributed by atoms with Gasteiger partial charge in [-0.05, 0) is 65.5 Å². The molecule has 1 aromatic carbocycles. The summed E-state index contributed by atoms with van der Waals surface area (Å²) in [5, 5.41) is 4.04. The van der Waals surface area contributed by atoms with Crippen LogP contribution in [0.15, 0.2) is 30.3 Å². The summed E-state index contributed by atoms with van der Waals surface area (Å²) in [6.45, 7) is 12.5. The van der Waals surface area contributed by atoms with Crippen molar-refractivity contribution in [1.29, 1.82) is 0 Å². The monoisotopic (exact) mass is 441 g/mol.